The van der Waals surface area contributed by atoms with Gasteiger partial charge in [0.25, 0.3) is 0 Å². The summed E-state index contributed by atoms with van der Waals surface area (Å²) < 4.78 is 0. The minimum Gasteiger partial charge on any atom is -0.208 e. The van der Waals surface area contributed by atoms with Gasteiger partial charge >= 0.3 is 0 Å². The maximum Gasteiger partial charge on any atom is 0.164 e. The van der Waals surface area contributed by atoms with E-state index in [9.17, 15) is 0 Å². The molecule has 1 heterocycles. The largest absolute Gasteiger partial charge is 0.208 e. The number of rotatable bonds is 5. The van der Waals surface area contributed by atoms with Crippen LogP contribution >= 0.6 is 0 Å². The van der Waals surface area contributed by atoms with Crippen LogP contribution in [0.2, 0.25) is 0 Å². The Bertz CT molecular complexity index is 2350. The van der Waals surface area contributed by atoms with E-state index in [0.717, 1.165) is 49.7 Å². The summed E-state index contributed by atoms with van der Waals surface area (Å²) >= 11 is 0. The molecule has 3 heteroatoms. The summed E-state index contributed by atoms with van der Waals surface area (Å²) in [6.45, 7) is 0. The van der Waals surface area contributed by atoms with Crippen molar-refractivity contribution in [1.29, 1.82) is 0 Å². The molecule has 8 aromatic rings. The number of hydrogen-bond donors (Lipinski definition) is 0. The minimum atomic E-state index is 0.633. The van der Waals surface area contributed by atoms with Crippen molar-refractivity contribution >= 4 is 21.5 Å². The highest BCUT2D eigenvalue weighted by Crippen LogP contribution is 2.41. The molecule has 0 radical (unpaired) electrons. The molecule has 7 aromatic carbocycles. The predicted octanol–water partition coefficient (Wildman–Crippen LogP) is 10.5. The molecule has 0 fully saturated rings. The van der Waals surface area contributed by atoms with Crippen molar-refractivity contribution in [3.05, 3.63) is 163 Å². The zero-order chi connectivity index (χ0) is 30.9. The van der Waals surface area contributed by atoms with E-state index in [1.807, 2.05) is 66.7 Å². The van der Waals surface area contributed by atoms with Crippen molar-refractivity contribution in [1.82, 2.24) is 15.0 Å². The van der Waals surface area contributed by atoms with E-state index in [4.69, 9.17) is 21.4 Å². The van der Waals surface area contributed by atoms with Crippen LogP contribution in [0.5, 0.6) is 0 Å². The molecule has 214 valence electrons. The summed E-state index contributed by atoms with van der Waals surface area (Å²) in [5.41, 5.74) is 8.31. The number of nitrogens with zero attached hydrogens (tertiary/aromatic N) is 3. The molecule has 8 rings (SSSR count). The fourth-order valence-corrected chi connectivity index (χ4v) is 6.19. The van der Waals surface area contributed by atoms with Gasteiger partial charge < -0.3 is 0 Å². The third-order valence-corrected chi connectivity index (χ3v) is 8.43. The average molecular weight is 586 g/mol. The molecule has 1 aromatic heterocycles. The second-order valence-corrected chi connectivity index (χ2v) is 11.2. The van der Waals surface area contributed by atoms with E-state index in [1.54, 1.807) is 0 Å². The summed E-state index contributed by atoms with van der Waals surface area (Å²) in [6.07, 6.45) is 5.88. The smallest absolute Gasteiger partial charge is 0.164 e. The fraction of sp³-hybridized carbons (Fsp3) is 0. The average Bonchev–Trinajstić information content (AvgIpc) is 3.14. The molecule has 0 aliphatic heterocycles. The molecule has 0 aliphatic carbocycles. The third-order valence-electron chi connectivity index (χ3n) is 8.43. The Hall–Kier alpha value is -6.37. The fourth-order valence-electron chi connectivity index (χ4n) is 6.19. The van der Waals surface area contributed by atoms with Crippen LogP contribution in [0.3, 0.4) is 0 Å². The quantitative estimate of drug-likeness (QED) is 0.189. The molecule has 3 nitrogen and oxygen atoms in total. The molecule has 0 atom stereocenters. The molecule has 0 spiro atoms. The zero-order valence-electron chi connectivity index (χ0n) is 24.9. The number of aromatic nitrogens is 3. The van der Waals surface area contributed by atoms with Gasteiger partial charge in [0.1, 0.15) is 0 Å². The first kappa shape index (κ1) is 27.2. The van der Waals surface area contributed by atoms with Gasteiger partial charge in [0.2, 0.25) is 0 Å². The van der Waals surface area contributed by atoms with E-state index in [2.05, 4.69) is 96.9 Å². The molecule has 0 aliphatic rings. The molecule has 0 saturated carbocycles. The van der Waals surface area contributed by atoms with E-state index in [0.29, 0.717) is 17.5 Å². The highest BCUT2D eigenvalue weighted by atomic mass is 15.0. The summed E-state index contributed by atoms with van der Waals surface area (Å²) in [4.78, 5) is 14.7. The van der Waals surface area contributed by atoms with Crippen LogP contribution in [0, 0.1) is 12.3 Å². The van der Waals surface area contributed by atoms with Crippen LogP contribution in [0.25, 0.3) is 78.0 Å². The maximum absolute atomic E-state index is 5.88. The zero-order valence-corrected chi connectivity index (χ0v) is 24.9. The lowest BCUT2D eigenvalue weighted by Gasteiger charge is -2.17. The van der Waals surface area contributed by atoms with E-state index in [-0.39, 0.29) is 0 Å². The van der Waals surface area contributed by atoms with Gasteiger partial charge in [0.15, 0.2) is 17.5 Å². The lowest BCUT2D eigenvalue weighted by Crippen LogP contribution is -2.00. The highest BCUT2D eigenvalue weighted by Gasteiger charge is 2.17. The first-order valence-electron chi connectivity index (χ1n) is 15.2. The van der Waals surface area contributed by atoms with Gasteiger partial charge in [-0.15, -0.1) is 6.42 Å². The number of terminal acetylenes is 1. The molecule has 0 saturated heterocycles. The van der Waals surface area contributed by atoms with Crippen molar-refractivity contribution in [3.63, 3.8) is 0 Å². The Morgan fingerprint density at radius 1 is 0.370 bits per heavy atom. The normalized spacial score (nSPS) is 11.0. The number of hydrogen-bond acceptors (Lipinski definition) is 3. The molecule has 0 amide bonds. The summed E-state index contributed by atoms with van der Waals surface area (Å²) in [6, 6.07) is 54.2. The van der Waals surface area contributed by atoms with Crippen LogP contribution in [-0.4, -0.2) is 15.0 Å². The molecule has 0 N–H and O–H groups in total. The Morgan fingerprint density at radius 3 is 1.46 bits per heavy atom. The molecule has 0 bridgehead atoms. The van der Waals surface area contributed by atoms with Crippen molar-refractivity contribution in [2.24, 2.45) is 0 Å². The lowest BCUT2D eigenvalue weighted by molar-refractivity contribution is 1.07. The first-order chi connectivity index (χ1) is 22.8. The highest BCUT2D eigenvalue weighted by molar-refractivity contribution is 6.09. The Labute approximate surface area is 267 Å². The third kappa shape index (κ3) is 4.89. The van der Waals surface area contributed by atoms with Crippen LogP contribution in [-0.2, 0) is 0 Å². The SMILES string of the molecule is C#Cc1ccc(-c2ccc3ccccc3c2-c2ccc(-c3nc(-c4ccccc4)nc(-c4ccccc4)n3)cc2)c2ccccc12. The Kier molecular flexibility index (Phi) is 6.87. The molecule has 0 unspecified atom stereocenters. The monoisotopic (exact) mass is 585 g/mol. The van der Waals surface area contributed by atoms with Crippen LogP contribution in [0.15, 0.2) is 158 Å². The van der Waals surface area contributed by atoms with E-state index in [1.165, 1.54) is 16.3 Å². The van der Waals surface area contributed by atoms with Gasteiger partial charge in [-0.2, -0.15) is 0 Å². The van der Waals surface area contributed by atoms with Gasteiger partial charge in [-0.25, -0.2) is 15.0 Å². The second kappa shape index (κ2) is 11.6. The lowest BCUT2D eigenvalue weighted by atomic mass is 9.87. The van der Waals surface area contributed by atoms with Crippen LogP contribution in [0.1, 0.15) is 5.56 Å². The van der Waals surface area contributed by atoms with Gasteiger partial charge in [-0.05, 0) is 49.9 Å². The predicted molar refractivity (Wildman–Crippen MR) is 190 cm³/mol. The Morgan fingerprint density at radius 2 is 0.848 bits per heavy atom. The van der Waals surface area contributed by atoms with Crippen molar-refractivity contribution < 1.29 is 0 Å². The molecular formula is C43H27N3. The first-order valence-corrected chi connectivity index (χ1v) is 15.2. The molecular weight excluding hydrogens is 558 g/mol. The van der Waals surface area contributed by atoms with Gasteiger partial charge in [-0.1, -0.05) is 158 Å². The molecule has 46 heavy (non-hydrogen) atoms. The van der Waals surface area contributed by atoms with E-state index >= 15 is 0 Å². The summed E-state index contributed by atoms with van der Waals surface area (Å²) in [7, 11) is 0. The summed E-state index contributed by atoms with van der Waals surface area (Å²) in [5, 5.41) is 4.59. The van der Waals surface area contributed by atoms with Crippen molar-refractivity contribution in [3.8, 4) is 68.8 Å². The minimum absolute atomic E-state index is 0.633. The van der Waals surface area contributed by atoms with E-state index < -0.39 is 0 Å². The van der Waals surface area contributed by atoms with Crippen LogP contribution in [0.4, 0.5) is 0 Å². The maximum atomic E-state index is 5.88. The van der Waals surface area contributed by atoms with Crippen LogP contribution < -0.4 is 0 Å². The summed E-state index contributed by atoms with van der Waals surface area (Å²) in [5.74, 6) is 4.78. The second-order valence-electron chi connectivity index (χ2n) is 11.2. The van der Waals surface area contributed by atoms with Gasteiger partial charge in [-0.3, -0.25) is 0 Å². The van der Waals surface area contributed by atoms with Crippen molar-refractivity contribution in [2.75, 3.05) is 0 Å². The number of fused-ring (bicyclic) bond motifs is 2. The topological polar surface area (TPSA) is 38.7 Å². The standard InChI is InChI=1S/C43H27N3/c1-2-29-25-27-38(37-20-12-11-18-35(29)37)39-28-26-30-13-9-10-19-36(30)40(39)31-21-23-34(24-22-31)43-45-41(32-14-5-3-6-15-32)44-42(46-43)33-16-7-4-8-17-33/h1,3-28H. The van der Waals surface area contributed by atoms with Gasteiger partial charge in [0, 0.05) is 22.3 Å². The van der Waals surface area contributed by atoms with Crippen molar-refractivity contribution in [2.45, 2.75) is 0 Å². The number of benzene rings is 7. The Balaban J connectivity index is 1.29. The van der Waals surface area contributed by atoms with Gasteiger partial charge in [0.05, 0.1) is 0 Å².